The van der Waals surface area contributed by atoms with E-state index in [0.717, 1.165) is 53.7 Å². The van der Waals surface area contributed by atoms with Crippen LogP contribution in [0.15, 0.2) is 53.6 Å². The van der Waals surface area contributed by atoms with Gasteiger partial charge in [0.15, 0.2) is 11.5 Å². The van der Waals surface area contributed by atoms with Crippen LogP contribution in [0.1, 0.15) is 22.4 Å². The zero-order valence-electron chi connectivity index (χ0n) is 18.7. The lowest BCUT2D eigenvalue weighted by Gasteiger charge is -2.34. The maximum Gasteiger partial charge on any atom is 0.274 e. The van der Waals surface area contributed by atoms with Gasteiger partial charge >= 0.3 is 0 Å². The zero-order chi connectivity index (χ0) is 22.5. The minimum atomic E-state index is -0.177. The molecule has 8 nitrogen and oxygen atoms in total. The summed E-state index contributed by atoms with van der Waals surface area (Å²) >= 11 is 0. The highest BCUT2D eigenvalue weighted by Gasteiger charge is 2.24. The topological polar surface area (TPSA) is 75.9 Å². The lowest BCUT2D eigenvalue weighted by atomic mass is 10.0. The first-order valence-electron chi connectivity index (χ1n) is 11.2. The van der Waals surface area contributed by atoms with Crippen LogP contribution in [0.4, 0.5) is 17.2 Å². The fourth-order valence-electron chi connectivity index (χ4n) is 4.70. The molecule has 0 saturated heterocycles. The maximum absolute atomic E-state index is 12.3. The normalized spacial score (nSPS) is 15.2. The minimum Gasteiger partial charge on any atom is -0.490 e. The Labute approximate surface area is 191 Å². The second-order valence-corrected chi connectivity index (χ2v) is 8.65. The lowest BCUT2D eigenvalue weighted by molar-refractivity contribution is 0.314. The number of hydrogen-bond donors (Lipinski definition) is 0. The van der Waals surface area contributed by atoms with Crippen molar-refractivity contribution >= 4 is 22.8 Å². The van der Waals surface area contributed by atoms with Crippen molar-refractivity contribution in [3.63, 3.8) is 0 Å². The highest BCUT2D eigenvalue weighted by Crippen LogP contribution is 2.38. The second kappa shape index (κ2) is 7.58. The van der Waals surface area contributed by atoms with Gasteiger partial charge in [0.1, 0.15) is 12.4 Å². The van der Waals surface area contributed by atoms with Gasteiger partial charge in [0.2, 0.25) is 0 Å². The smallest absolute Gasteiger partial charge is 0.274 e. The highest BCUT2D eigenvalue weighted by atomic mass is 16.5. The lowest BCUT2D eigenvalue weighted by Crippen LogP contribution is -2.34. The number of anilines is 3. The van der Waals surface area contributed by atoms with Crippen molar-refractivity contribution in [1.29, 1.82) is 0 Å². The molecule has 0 saturated carbocycles. The molecular weight excluding hydrogens is 416 g/mol. The Hall–Kier alpha value is -3.94. The fourth-order valence-corrected chi connectivity index (χ4v) is 4.70. The average Bonchev–Trinajstić information content (AvgIpc) is 2.83. The molecule has 2 aliphatic heterocycles. The highest BCUT2D eigenvalue weighted by molar-refractivity contribution is 5.71. The van der Waals surface area contributed by atoms with Crippen molar-refractivity contribution < 1.29 is 4.74 Å². The van der Waals surface area contributed by atoms with Crippen LogP contribution in [-0.4, -0.2) is 39.3 Å². The molecule has 6 rings (SSSR count). The van der Waals surface area contributed by atoms with Gasteiger partial charge in [-0.2, -0.15) is 4.52 Å². The quantitative estimate of drug-likeness (QED) is 0.474. The van der Waals surface area contributed by atoms with Crippen molar-refractivity contribution in [3.05, 3.63) is 81.5 Å². The molecule has 0 spiro atoms. The summed E-state index contributed by atoms with van der Waals surface area (Å²) in [4.78, 5) is 25.9. The Morgan fingerprint density at radius 1 is 1.03 bits per heavy atom. The molecule has 0 atom stereocenters. The summed E-state index contributed by atoms with van der Waals surface area (Å²) in [7, 11) is 0. The molecule has 166 valence electrons. The van der Waals surface area contributed by atoms with E-state index in [1.165, 1.54) is 27.9 Å². The molecule has 4 aromatic rings. The van der Waals surface area contributed by atoms with E-state index in [2.05, 4.69) is 45.0 Å². The first-order valence-corrected chi connectivity index (χ1v) is 11.2. The predicted molar refractivity (Wildman–Crippen MR) is 127 cm³/mol. The van der Waals surface area contributed by atoms with Crippen LogP contribution in [0.3, 0.4) is 0 Å². The Kier molecular flexibility index (Phi) is 4.53. The van der Waals surface area contributed by atoms with Gasteiger partial charge in [0, 0.05) is 37.5 Å². The zero-order valence-corrected chi connectivity index (χ0v) is 18.7. The van der Waals surface area contributed by atoms with Crippen molar-refractivity contribution in [2.24, 2.45) is 0 Å². The van der Waals surface area contributed by atoms with Crippen LogP contribution in [-0.2, 0) is 13.0 Å². The van der Waals surface area contributed by atoms with Crippen molar-refractivity contribution in [2.75, 3.05) is 29.5 Å². The molecule has 0 N–H and O–H groups in total. The van der Waals surface area contributed by atoms with Gasteiger partial charge in [-0.15, -0.1) is 5.10 Å². The van der Waals surface area contributed by atoms with Gasteiger partial charge in [-0.3, -0.25) is 9.78 Å². The van der Waals surface area contributed by atoms with Crippen LogP contribution < -0.4 is 20.1 Å². The van der Waals surface area contributed by atoms with Crippen LogP contribution in [0.2, 0.25) is 0 Å². The third kappa shape index (κ3) is 3.38. The van der Waals surface area contributed by atoms with Crippen molar-refractivity contribution in [2.45, 2.75) is 26.8 Å². The van der Waals surface area contributed by atoms with Crippen LogP contribution in [0.5, 0.6) is 5.75 Å². The van der Waals surface area contributed by atoms with E-state index in [-0.39, 0.29) is 5.56 Å². The van der Waals surface area contributed by atoms with Gasteiger partial charge < -0.3 is 14.5 Å². The van der Waals surface area contributed by atoms with Crippen LogP contribution >= 0.6 is 0 Å². The van der Waals surface area contributed by atoms with E-state index in [1.807, 2.05) is 25.3 Å². The predicted octanol–water partition coefficient (Wildman–Crippen LogP) is 3.19. The molecular formula is C25H24N6O2. The molecule has 3 aromatic heterocycles. The summed E-state index contributed by atoms with van der Waals surface area (Å²) in [6.07, 6.45) is 4.32. The number of benzene rings is 1. The summed E-state index contributed by atoms with van der Waals surface area (Å²) in [5.41, 5.74) is 7.02. The number of pyridine rings is 1. The summed E-state index contributed by atoms with van der Waals surface area (Å²) in [6.45, 7) is 7.02. The number of ether oxygens (including phenoxy) is 1. The van der Waals surface area contributed by atoms with E-state index in [0.29, 0.717) is 18.8 Å². The number of hydrogen-bond acceptors (Lipinski definition) is 7. The molecule has 0 aliphatic carbocycles. The molecule has 33 heavy (non-hydrogen) atoms. The van der Waals surface area contributed by atoms with Gasteiger partial charge in [-0.05, 0) is 54.8 Å². The maximum atomic E-state index is 12.3. The number of rotatable bonds is 2. The molecule has 0 fully saturated rings. The Morgan fingerprint density at radius 3 is 2.85 bits per heavy atom. The largest absolute Gasteiger partial charge is 0.490 e. The second-order valence-electron chi connectivity index (χ2n) is 8.65. The Morgan fingerprint density at radius 2 is 1.94 bits per heavy atom. The monoisotopic (exact) mass is 440 g/mol. The molecule has 5 heterocycles. The molecule has 0 amide bonds. The van der Waals surface area contributed by atoms with Crippen LogP contribution in [0.25, 0.3) is 5.65 Å². The third-order valence-electron chi connectivity index (χ3n) is 6.36. The van der Waals surface area contributed by atoms with E-state index in [1.54, 1.807) is 0 Å². The van der Waals surface area contributed by atoms with Crippen molar-refractivity contribution in [1.82, 2.24) is 19.6 Å². The Balaban J connectivity index is 1.36. The molecule has 2 aliphatic rings. The number of aryl methyl sites for hydroxylation is 2. The number of fused-ring (bicyclic) bond motifs is 3. The van der Waals surface area contributed by atoms with E-state index < -0.39 is 0 Å². The van der Waals surface area contributed by atoms with Gasteiger partial charge in [0.25, 0.3) is 5.56 Å². The standard InChI is InChI=1S/C25H24N6O2/c1-16-3-4-22-21(11-16)30(9-10-33-22)19-13-18-15-29(8-6-20(18)27-14-19)25-17(2)12-23-26-7-5-24(32)31(23)28-25/h3-5,7,11-14H,6,8-10,15H2,1-2H3. The molecule has 0 unspecified atom stereocenters. The Bertz CT molecular complexity index is 1450. The first-order chi connectivity index (χ1) is 16.1. The van der Waals surface area contributed by atoms with E-state index in [4.69, 9.17) is 9.72 Å². The SMILES string of the molecule is Cc1ccc2c(c1)N(c1cnc3c(c1)CN(c1nn4c(=O)ccnc4cc1C)CC3)CCO2. The summed E-state index contributed by atoms with van der Waals surface area (Å²) in [5.74, 6) is 1.71. The fraction of sp³-hybridized carbons (Fsp3) is 0.280. The van der Waals surface area contributed by atoms with Crippen LogP contribution in [0, 0.1) is 13.8 Å². The summed E-state index contributed by atoms with van der Waals surface area (Å²) < 4.78 is 7.24. The van der Waals surface area contributed by atoms with Gasteiger partial charge in [-0.1, -0.05) is 6.07 Å². The average molecular weight is 441 g/mol. The summed E-state index contributed by atoms with van der Waals surface area (Å²) in [6, 6.07) is 11.9. The third-order valence-corrected chi connectivity index (χ3v) is 6.36. The molecule has 8 heteroatoms. The first kappa shape index (κ1) is 19.7. The summed E-state index contributed by atoms with van der Waals surface area (Å²) in [5, 5.41) is 4.64. The van der Waals surface area contributed by atoms with Crippen molar-refractivity contribution in [3.8, 4) is 5.75 Å². The molecule has 0 bridgehead atoms. The molecule has 0 radical (unpaired) electrons. The van der Waals surface area contributed by atoms with Gasteiger partial charge in [-0.25, -0.2) is 4.98 Å². The molecule has 1 aromatic carbocycles. The van der Waals surface area contributed by atoms with E-state index >= 15 is 0 Å². The minimum absolute atomic E-state index is 0.177. The van der Waals surface area contributed by atoms with E-state index in [9.17, 15) is 4.79 Å². The number of nitrogens with zero attached hydrogens (tertiary/aromatic N) is 6. The number of aromatic nitrogens is 4. The van der Waals surface area contributed by atoms with Gasteiger partial charge in [0.05, 0.1) is 24.1 Å².